The third-order valence-electron chi connectivity index (χ3n) is 4.83. The molecule has 0 fully saturated rings. The molecule has 0 heterocycles. The summed E-state index contributed by atoms with van der Waals surface area (Å²) in [5.74, 6) is 0.580. The Morgan fingerprint density at radius 2 is 1.60 bits per heavy atom. The van der Waals surface area contributed by atoms with Gasteiger partial charge in [0.2, 0.25) is 0 Å². The first-order valence-electron chi connectivity index (χ1n) is 8.92. The van der Waals surface area contributed by atoms with Gasteiger partial charge < -0.3 is 15.5 Å². The topological polar surface area (TPSA) is 47.3 Å². The summed E-state index contributed by atoms with van der Waals surface area (Å²) in [5, 5.41) is 4.49. The molecule has 0 aliphatic carbocycles. The van der Waals surface area contributed by atoms with Gasteiger partial charge in [-0.2, -0.15) is 0 Å². The molecule has 0 aromatic heterocycles. The molecule has 1 rings (SSSR count). The third-order valence-corrected chi connectivity index (χ3v) is 9.21. The zero-order chi connectivity index (χ0) is 19.6. The van der Waals surface area contributed by atoms with Crippen molar-refractivity contribution < 1.29 is 4.43 Å². The smallest absolute Gasteiger partial charge is 0.190 e. The summed E-state index contributed by atoms with van der Waals surface area (Å²) >= 11 is 12.5. The van der Waals surface area contributed by atoms with Gasteiger partial charge in [-0.15, -0.1) is 0 Å². The van der Waals surface area contributed by atoms with E-state index < -0.39 is 8.32 Å². The van der Waals surface area contributed by atoms with Crippen LogP contribution in [0.15, 0.2) is 12.1 Å². The number of hydrogen-bond acceptors (Lipinski definition) is 3. The average molecular weight is 405 g/mol. The van der Waals surface area contributed by atoms with E-state index in [0.29, 0.717) is 33.7 Å². The highest BCUT2D eigenvalue weighted by molar-refractivity contribution is 6.72. The maximum atomic E-state index is 6.71. The van der Waals surface area contributed by atoms with E-state index in [4.69, 9.17) is 33.4 Å². The Hall–Kier alpha value is -0.263. The quantitative estimate of drug-likeness (QED) is 0.415. The molecular weight excluding hydrogens is 371 g/mol. The van der Waals surface area contributed by atoms with E-state index in [1.807, 2.05) is 12.1 Å². The van der Waals surface area contributed by atoms with E-state index in [2.05, 4.69) is 60.0 Å². The van der Waals surface area contributed by atoms with Gasteiger partial charge in [0.25, 0.3) is 0 Å². The van der Waals surface area contributed by atoms with E-state index >= 15 is 0 Å². The fourth-order valence-corrected chi connectivity index (χ4v) is 5.97. The predicted molar refractivity (Wildman–Crippen MR) is 114 cm³/mol. The fourth-order valence-electron chi connectivity index (χ4n) is 2.69. The van der Waals surface area contributed by atoms with Crippen molar-refractivity contribution in [3.05, 3.63) is 27.7 Å². The lowest BCUT2D eigenvalue weighted by Crippen LogP contribution is -2.44. The number of nitrogen functional groups attached to an aromatic ring is 1. The second-order valence-electron chi connectivity index (χ2n) is 8.77. The van der Waals surface area contributed by atoms with Gasteiger partial charge in [-0.25, -0.2) is 0 Å². The summed E-state index contributed by atoms with van der Waals surface area (Å²) in [4.78, 5) is 0. The van der Waals surface area contributed by atoms with Gasteiger partial charge in [0.15, 0.2) is 8.32 Å². The maximum absolute atomic E-state index is 6.71. The molecule has 0 bridgehead atoms. The lowest BCUT2D eigenvalue weighted by atomic mass is 10.1. The monoisotopic (exact) mass is 404 g/mol. The Morgan fingerprint density at radius 3 is 2.00 bits per heavy atom. The highest BCUT2D eigenvalue weighted by Crippen LogP contribution is 2.37. The highest BCUT2D eigenvalue weighted by atomic mass is 35.5. The lowest BCUT2D eigenvalue weighted by Gasteiger charge is -2.37. The van der Waals surface area contributed by atoms with Crippen LogP contribution in [-0.2, 0) is 4.43 Å². The number of rotatable bonds is 7. The Morgan fingerprint density at radius 1 is 1.12 bits per heavy atom. The molecule has 0 amide bonds. The van der Waals surface area contributed by atoms with Crippen LogP contribution in [0.2, 0.25) is 28.7 Å². The van der Waals surface area contributed by atoms with Gasteiger partial charge in [-0.1, -0.05) is 44.0 Å². The molecule has 0 spiro atoms. The number of halogens is 2. The van der Waals surface area contributed by atoms with Crippen LogP contribution in [-0.4, -0.2) is 20.4 Å². The largest absolute Gasteiger partial charge is 0.409 e. The molecule has 25 heavy (non-hydrogen) atoms. The van der Waals surface area contributed by atoms with Crippen LogP contribution in [0.1, 0.15) is 53.2 Å². The standard InChI is InChI=1S/C19H34Cl2N2OSi/c1-12(2)13(3)25(7,8)24-17(11-23-19(4,5)6)14-9-15(20)18(22)16(21)10-14/h9-10,12-13,17,23H,11,22H2,1-8H3. The second kappa shape index (κ2) is 8.62. The molecule has 1 aromatic carbocycles. The first-order chi connectivity index (χ1) is 11.2. The summed E-state index contributed by atoms with van der Waals surface area (Å²) in [6, 6.07) is 3.75. The number of nitrogens with two attached hydrogens (primary N) is 1. The summed E-state index contributed by atoms with van der Waals surface area (Å²) in [7, 11) is -1.92. The summed E-state index contributed by atoms with van der Waals surface area (Å²) in [6.45, 7) is 18.5. The van der Waals surface area contributed by atoms with E-state index in [0.717, 1.165) is 5.56 Å². The predicted octanol–water partition coefficient (Wildman–Crippen LogP) is 6.27. The maximum Gasteiger partial charge on any atom is 0.190 e. The Balaban J connectivity index is 3.17. The molecule has 0 saturated carbocycles. The van der Waals surface area contributed by atoms with Crippen LogP contribution in [0.4, 0.5) is 5.69 Å². The van der Waals surface area contributed by atoms with Crippen LogP contribution >= 0.6 is 23.2 Å². The highest BCUT2D eigenvalue weighted by Gasteiger charge is 2.35. The molecule has 0 aliphatic heterocycles. The van der Waals surface area contributed by atoms with Gasteiger partial charge in [-0.05, 0) is 63.0 Å². The molecule has 0 aliphatic rings. The molecular formula is C19H34Cl2N2OSi. The Labute approximate surface area is 164 Å². The minimum absolute atomic E-state index is 0.00162. The molecule has 0 saturated heterocycles. The molecule has 144 valence electrons. The molecule has 0 radical (unpaired) electrons. The van der Waals surface area contributed by atoms with E-state index in [1.165, 1.54) is 0 Å². The third kappa shape index (κ3) is 6.76. The summed E-state index contributed by atoms with van der Waals surface area (Å²) in [6.07, 6.45) is -0.113. The van der Waals surface area contributed by atoms with Gasteiger partial charge >= 0.3 is 0 Å². The van der Waals surface area contributed by atoms with Crippen molar-refractivity contribution in [2.45, 2.75) is 71.8 Å². The number of anilines is 1. The minimum Gasteiger partial charge on any atom is -0.409 e. The molecule has 1 aromatic rings. The number of benzene rings is 1. The van der Waals surface area contributed by atoms with Crippen molar-refractivity contribution in [3.63, 3.8) is 0 Å². The summed E-state index contributed by atoms with van der Waals surface area (Å²) in [5.41, 5.74) is 7.82. The first kappa shape index (κ1) is 22.8. The molecule has 3 N–H and O–H groups in total. The Bertz CT molecular complexity index is 562. The van der Waals surface area contributed by atoms with Gasteiger partial charge in [-0.3, -0.25) is 0 Å². The van der Waals surface area contributed by atoms with Gasteiger partial charge in [0.1, 0.15) is 0 Å². The van der Waals surface area contributed by atoms with Crippen LogP contribution in [0.5, 0.6) is 0 Å². The number of nitrogens with one attached hydrogen (secondary N) is 1. The number of hydrogen-bond donors (Lipinski definition) is 2. The molecule has 2 unspecified atom stereocenters. The van der Waals surface area contributed by atoms with Crippen molar-refractivity contribution in [1.82, 2.24) is 5.32 Å². The van der Waals surface area contributed by atoms with Crippen molar-refractivity contribution in [2.75, 3.05) is 12.3 Å². The lowest BCUT2D eigenvalue weighted by molar-refractivity contribution is 0.172. The minimum atomic E-state index is -1.92. The summed E-state index contributed by atoms with van der Waals surface area (Å²) < 4.78 is 6.71. The van der Waals surface area contributed by atoms with Crippen LogP contribution in [0.3, 0.4) is 0 Å². The zero-order valence-corrected chi connectivity index (χ0v) is 19.3. The van der Waals surface area contributed by atoms with Crippen LogP contribution in [0.25, 0.3) is 0 Å². The van der Waals surface area contributed by atoms with Crippen molar-refractivity contribution in [2.24, 2.45) is 5.92 Å². The second-order valence-corrected chi connectivity index (χ2v) is 13.9. The SMILES string of the molecule is CC(C)C(C)[Si](C)(C)OC(CNC(C)(C)C)c1cc(Cl)c(N)c(Cl)c1. The van der Waals surface area contributed by atoms with Crippen LogP contribution in [0, 0.1) is 5.92 Å². The van der Waals surface area contributed by atoms with E-state index in [-0.39, 0.29) is 11.6 Å². The Kier molecular flexibility index (Phi) is 7.85. The van der Waals surface area contributed by atoms with Crippen LogP contribution < -0.4 is 11.1 Å². The molecule has 2 atom stereocenters. The van der Waals surface area contributed by atoms with E-state index in [9.17, 15) is 0 Å². The first-order valence-corrected chi connectivity index (χ1v) is 12.7. The van der Waals surface area contributed by atoms with Gasteiger partial charge in [0.05, 0.1) is 21.8 Å². The van der Waals surface area contributed by atoms with E-state index in [1.54, 1.807) is 0 Å². The molecule has 3 nitrogen and oxygen atoms in total. The normalized spacial score (nSPS) is 15.5. The fraction of sp³-hybridized carbons (Fsp3) is 0.684. The zero-order valence-electron chi connectivity index (χ0n) is 16.8. The molecule has 6 heteroatoms. The van der Waals surface area contributed by atoms with Crippen molar-refractivity contribution >= 4 is 37.2 Å². The average Bonchev–Trinajstić information content (AvgIpc) is 2.46. The van der Waals surface area contributed by atoms with Crippen molar-refractivity contribution in [3.8, 4) is 0 Å². The van der Waals surface area contributed by atoms with Gasteiger partial charge in [0, 0.05) is 12.1 Å². The van der Waals surface area contributed by atoms with Crippen molar-refractivity contribution in [1.29, 1.82) is 0 Å².